The second-order valence-electron chi connectivity index (χ2n) is 3.98. The molecule has 0 amide bonds. The fourth-order valence-corrected chi connectivity index (χ4v) is 2.41. The molecule has 2 aliphatic rings. The SMILES string of the molecule is COC(=O)CC1CC2=C(CCC2)C1=O. The summed E-state index contributed by atoms with van der Waals surface area (Å²) >= 11 is 0. The minimum Gasteiger partial charge on any atom is -0.469 e. The zero-order valence-electron chi connectivity index (χ0n) is 8.34. The number of methoxy groups -OCH3 is 1. The van der Waals surface area contributed by atoms with Crippen LogP contribution in [0.1, 0.15) is 32.1 Å². The van der Waals surface area contributed by atoms with Crippen LogP contribution in [0.3, 0.4) is 0 Å². The van der Waals surface area contributed by atoms with E-state index in [1.807, 2.05) is 0 Å². The van der Waals surface area contributed by atoms with Gasteiger partial charge in [-0.15, -0.1) is 0 Å². The summed E-state index contributed by atoms with van der Waals surface area (Å²) < 4.78 is 4.57. The van der Waals surface area contributed by atoms with E-state index in [-0.39, 0.29) is 24.1 Å². The molecule has 0 radical (unpaired) electrons. The molecule has 2 rings (SSSR count). The summed E-state index contributed by atoms with van der Waals surface area (Å²) in [6.45, 7) is 0. The number of hydrogen-bond donors (Lipinski definition) is 0. The number of carbonyl (C=O) groups is 2. The topological polar surface area (TPSA) is 43.4 Å². The zero-order chi connectivity index (χ0) is 10.1. The van der Waals surface area contributed by atoms with Crippen LogP contribution < -0.4 is 0 Å². The average molecular weight is 194 g/mol. The maximum atomic E-state index is 11.8. The second kappa shape index (κ2) is 3.56. The normalized spacial score (nSPS) is 25.5. The fourth-order valence-electron chi connectivity index (χ4n) is 2.41. The van der Waals surface area contributed by atoms with Gasteiger partial charge in [-0.1, -0.05) is 5.57 Å². The summed E-state index contributed by atoms with van der Waals surface area (Å²) in [4.78, 5) is 22.8. The monoisotopic (exact) mass is 194 g/mol. The highest BCUT2D eigenvalue weighted by Crippen LogP contribution is 2.40. The van der Waals surface area contributed by atoms with Crippen molar-refractivity contribution >= 4 is 11.8 Å². The number of Topliss-reactive ketones (excluding diaryl/α,β-unsaturated/α-hetero) is 1. The molecule has 0 spiro atoms. The first-order chi connectivity index (χ1) is 6.72. The van der Waals surface area contributed by atoms with E-state index >= 15 is 0 Å². The first kappa shape index (κ1) is 9.44. The summed E-state index contributed by atoms with van der Waals surface area (Å²) in [5.74, 6) is -0.194. The highest BCUT2D eigenvalue weighted by atomic mass is 16.5. The lowest BCUT2D eigenvalue weighted by molar-refractivity contribution is -0.143. The van der Waals surface area contributed by atoms with Gasteiger partial charge in [-0.3, -0.25) is 9.59 Å². The Morgan fingerprint density at radius 1 is 1.50 bits per heavy atom. The second-order valence-corrected chi connectivity index (χ2v) is 3.98. The number of esters is 1. The molecular formula is C11H14O3. The molecule has 1 atom stereocenters. The van der Waals surface area contributed by atoms with Crippen LogP contribution >= 0.6 is 0 Å². The molecule has 2 aliphatic carbocycles. The molecule has 14 heavy (non-hydrogen) atoms. The van der Waals surface area contributed by atoms with Crippen LogP contribution in [0.2, 0.25) is 0 Å². The Morgan fingerprint density at radius 2 is 2.29 bits per heavy atom. The third-order valence-electron chi connectivity index (χ3n) is 3.13. The Balaban J connectivity index is 2.01. The Bertz CT molecular complexity index is 314. The van der Waals surface area contributed by atoms with E-state index in [1.54, 1.807) is 0 Å². The van der Waals surface area contributed by atoms with Crippen molar-refractivity contribution in [2.45, 2.75) is 32.1 Å². The van der Waals surface area contributed by atoms with E-state index in [0.29, 0.717) is 0 Å². The van der Waals surface area contributed by atoms with Crippen molar-refractivity contribution in [2.24, 2.45) is 5.92 Å². The highest BCUT2D eigenvalue weighted by molar-refractivity contribution is 6.02. The van der Waals surface area contributed by atoms with Crippen molar-refractivity contribution in [1.29, 1.82) is 0 Å². The third kappa shape index (κ3) is 1.47. The average Bonchev–Trinajstić information content (AvgIpc) is 2.72. The first-order valence-corrected chi connectivity index (χ1v) is 5.04. The van der Waals surface area contributed by atoms with Gasteiger partial charge in [-0.05, 0) is 31.3 Å². The van der Waals surface area contributed by atoms with E-state index in [4.69, 9.17) is 0 Å². The van der Waals surface area contributed by atoms with Gasteiger partial charge in [0.25, 0.3) is 0 Å². The van der Waals surface area contributed by atoms with Crippen LogP contribution in [0, 0.1) is 5.92 Å². The molecular weight excluding hydrogens is 180 g/mol. The lowest BCUT2D eigenvalue weighted by atomic mass is 9.96. The van der Waals surface area contributed by atoms with Crippen LogP contribution in [-0.4, -0.2) is 18.9 Å². The van der Waals surface area contributed by atoms with Crippen molar-refractivity contribution in [1.82, 2.24) is 0 Å². The van der Waals surface area contributed by atoms with Crippen molar-refractivity contribution < 1.29 is 14.3 Å². The fraction of sp³-hybridized carbons (Fsp3) is 0.636. The minimum absolute atomic E-state index is 0.118. The molecule has 0 aromatic carbocycles. The predicted molar refractivity (Wildman–Crippen MR) is 50.6 cm³/mol. The predicted octanol–water partition coefficient (Wildman–Crippen LogP) is 1.62. The molecule has 0 aromatic rings. The van der Waals surface area contributed by atoms with E-state index in [2.05, 4.69) is 4.74 Å². The molecule has 0 aromatic heterocycles. The van der Waals surface area contributed by atoms with Gasteiger partial charge < -0.3 is 4.74 Å². The summed E-state index contributed by atoms with van der Waals surface area (Å²) in [6, 6.07) is 0. The van der Waals surface area contributed by atoms with E-state index in [0.717, 1.165) is 31.3 Å². The van der Waals surface area contributed by atoms with Crippen molar-refractivity contribution in [3.05, 3.63) is 11.1 Å². The van der Waals surface area contributed by atoms with Crippen molar-refractivity contribution in [3.63, 3.8) is 0 Å². The molecule has 3 heteroatoms. The molecule has 0 N–H and O–H groups in total. The van der Waals surface area contributed by atoms with Gasteiger partial charge in [0.15, 0.2) is 5.78 Å². The Labute approximate surface area is 83.1 Å². The highest BCUT2D eigenvalue weighted by Gasteiger charge is 2.36. The minimum atomic E-state index is -0.274. The van der Waals surface area contributed by atoms with Gasteiger partial charge in [0.2, 0.25) is 0 Å². The summed E-state index contributed by atoms with van der Waals surface area (Å²) in [5.41, 5.74) is 2.31. The van der Waals surface area contributed by atoms with E-state index in [1.165, 1.54) is 12.7 Å². The molecule has 3 nitrogen and oxygen atoms in total. The summed E-state index contributed by atoms with van der Waals surface area (Å²) in [5, 5.41) is 0. The Morgan fingerprint density at radius 3 is 2.93 bits per heavy atom. The van der Waals surface area contributed by atoms with Gasteiger partial charge in [-0.25, -0.2) is 0 Å². The number of allylic oxidation sites excluding steroid dienone is 2. The quantitative estimate of drug-likeness (QED) is 0.627. The molecule has 0 aliphatic heterocycles. The Kier molecular flexibility index (Phi) is 2.40. The maximum Gasteiger partial charge on any atom is 0.306 e. The smallest absolute Gasteiger partial charge is 0.306 e. The van der Waals surface area contributed by atoms with Gasteiger partial charge in [0.05, 0.1) is 13.5 Å². The van der Waals surface area contributed by atoms with Crippen LogP contribution in [0.5, 0.6) is 0 Å². The van der Waals surface area contributed by atoms with Gasteiger partial charge in [-0.2, -0.15) is 0 Å². The molecule has 0 fully saturated rings. The molecule has 1 unspecified atom stereocenters. The third-order valence-corrected chi connectivity index (χ3v) is 3.13. The summed E-state index contributed by atoms with van der Waals surface area (Å²) in [6.07, 6.45) is 4.14. The van der Waals surface area contributed by atoms with Crippen LogP contribution in [0.15, 0.2) is 11.1 Å². The van der Waals surface area contributed by atoms with Crippen molar-refractivity contribution in [2.75, 3.05) is 7.11 Å². The summed E-state index contributed by atoms with van der Waals surface area (Å²) in [7, 11) is 1.36. The largest absolute Gasteiger partial charge is 0.469 e. The van der Waals surface area contributed by atoms with Gasteiger partial charge >= 0.3 is 5.97 Å². The molecule has 0 saturated carbocycles. The number of rotatable bonds is 2. The van der Waals surface area contributed by atoms with E-state index in [9.17, 15) is 9.59 Å². The van der Waals surface area contributed by atoms with Crippen molar-refractivity contribution in [3.8, 4) is 0 Å². The maximum absolute atomic E-state index is 11.8. The molecule has 0 heterocycles. The number of ether oxygens (including phenoxy) is 1. The van der Waals surface area contributed by atoms with Crippen LogP contribution in [0.4, 0.5) is 0 Å². The molecule has 76 valence electrons. The number of ketones is 1. The molecule has 0 bridgehead atoms. The lowest BCUT2D eigenvalue weighted by Gasteiger charge is -2.08. The van der Waals surface area contributed by atoms with Crippen LogP contribution in [0.25, 0.3) is 0 Å². The van der Waals surface area contributed by atoms with Gasteiger partial charge in [0, 0.05) is 5.92 Å². The number of hydrogen-bond acceptors (Lipinski definition) is 3. The standard InChI is InChI=1S/C11H14O3/c1-14-10(12)6-8-5-7-3-2-4-9(7)11(8)13/h8H,2-6H2,1H3. The number of carbonyl (C=O) groups excluding carboxylic acids is 2. The Hall–Kier alpha value is -1.12. The van der Waals surface area contributed by atoms with Gasteiger partial charge in [0.1, 0.15) is 0 Å². The first-order valence-electron chi connectivity index (χ1n) is 5.04. The zero-order valence-corrected chi connectivity index (χ0v) is 8.34. The molecule has 0 saturated heterocycles. The van der Waals surface area contributed by atoms with E-state index < -0.39 is 0 Å². The lowest BCUT2D eigenvalue weighted by Crippen LogP contribution is -2.16. The van der Waals surface area contributed by atoms with Crippen LogP contribution in [-0.2, 0) is 14.3 Å².